The Balaban J connectivity index is 1.30. The third-order valence-electron chi connectivity index (χ3n) is 4.47. The number of piperazine rings is 1. The van der Waals surface area contributed by atoms with E-state index >= 15 is 0 Å². The van der Waals surface area contributed by atoms with Gasteiger partial charge in [0.15, 0.2) is 0 Å². The monoisotopic (exact) mass is 363 g/mol. The molecule has 1 amide bonds. The third kappa shape index (κ3) is 4.29. The smallest absolute Gasteiger partial charge is 0.238 e. The predicted molar refractivity (Wildman–Crippen MR) is 103 cm³/mol. The fraction of sp³-hybridized carbons (Fsp3) is 0.263. The second-order valence-electron chi connectivity index (χ2n) is 6.36. The zero-order chi connectivity index (χ0) is 18.5. The minimum absolute atomic E-state index is 0.0166. The number of amides is 1. The van der Waals surface area contributed by atoms with E-state index in [1.54, 1.807) is 23.3 Å². The minimum atomic E-state index is -0.0166. The van der Waals surface area contributed by atoms with Crippen molar-refractivity contribution < 1.29 is 4.79 Å². The van der Waals surface area contributed by atoms with E-state index in [9.17, 15) is 4.79 Å². The Morgan fingerprint density at radius 2 is 1.81 bits per heavy atom. The molecule has 0 radical (unpaired) electrons. The third-order valence-corrected chi connectivity index (χ3v) is 4.47. The van der Waals surface area contributed by atoms with Crippen LogP contribution in [0.2, 0.25) is 0 Å². The van der Waals surface area contributed by atoms with Crippen LogP contribution in [0.5, 0.6) is 0 Å². The van der Waals surface area contributed by atoms with Gasteiger partial charge in [-0.25, -0.2) is 14.6 Å². The topological polar surface area (TPSA) is 79.2 Å². The first kappa shape index (κ1) is 17.2. The number of nitrogens with zero attached hydrogens (tertiary/aromatic N) is 6. The highest BCUT2D eigenvalue weighted by molar-refractivity contribution is 5.92. The van der Waals surface area contributed by atoms with Crippen molar-refractivity contribution in [1.29, 1.82) is 0 Å². The van der Waals surface area contributed by atoms with Crippen LogP contribution in [0.3, 0.4) is 0 Å². The average molecular weight is 363 g/mol. The normalized spacial score (nSPS) is 14.9. The minimum Gasteiger partial charge on any atom is -0.338 e. The number of anilines is 2. The summed E-state index contributed by atoms with van der Waals surface area (Å²) in [6, 6.07) is 11.3. The van der Waals surface area contributed by atoms with E-state index in [4.69, 9.17) is 0 Å². The van der Waals surface area contributed by atoms with E-state index in [0.29, 0.717) is 6.54 Å². The molecule has 1 aromatic carbocycles. The molecule has 3 heterocycles. The molecule has 0 spiro atoms. The van der Waals surface area contributed by atoms with Crippen LogP contribution in [0.1, 0.15) is 0 Å². The molecule has 0 saturated carbocycles. The molecule has 1 fully saturated rings. The van der Waals surface area contributed by atoms with Crippen molar-refractivity contribution in [2.45, 2.75) is 0 Å². The molecule has 1 aliphatic rings. The van der Waals surface area contributed by atoms with Crippen LogP contribution in [0.4, 0.5) is 11.6 Å². The highest BCUT2D eigenvalue weighted by atomic mass is 16.2. The van der Waals surface area contributed by atoms with Gasteiger partial charge in [-0.05, 0) is 30.3 Å². The van der Waals surface area contributed by atoms with Crippen LogP contribution in [0.15, 0.2) is 61.2 Å². The number of aromatic nitrogens is 4. The molecule has 138 valence electrons. The van der Waals surface area contributed by atoms with Crippen LogP contribution in [0.25, 0.3) is 5.69 Å². The van der Waals surface area contributed by atoms with Crippen molar-refractivity contribution in [3.63, 3.8) is 0 Å². The van der Waals surface area contributed by atoms with Gasteiger partial charge in [0.05, 0.1) is 12.2 Å². The maximum Gasteiger partial charge on any atom is 0.238 e. The first-order valence-electron chi connectivity index (χ1n) is 8.92. The molecule has 1 N–H and O–H groups in total. The molecule has 1 aliphatic heterocycles. The summed E-state index contributed by atoms with van der Waals surface area (Å²) in [6.07, 6.45) is 7.10. The van der Waals surface area contributed by atoms with Gasteiger partial charge in [0.1, 0.15) is 0 Å². The molecule has 0 atom stereocenters. The molecule has 3 aromatic rings. The number of nitrogens with one attached hydrogen (secondary N) is 1. The van der Waals surface area contributed by atoms with E-state index in [-0.39, 0.29) is 5.91 Å². The van der Waals surface area contributed by atoms with E-state index in [1.165, 1.54) is 0 Å². The predicted octanol–water partition coefficient (Wildman–Crippen LogP) is 1.42. The van der Waals surface area contributed by atoms with Crippen molar-refractivity contribution >= 4 is 17.5 Å². The largest absolute Gasteiger partial charge is 0.338 e. The molecule has 2 aromatic heterocycles. The van der Waals surface area contributed by atoms with Crippen molar-refractivity contribution in [2.24, 2.45) is 0 Å². The summed E-state index contributed by atoms with van der Waals surface area (Å²) in [5, 5.41) is 7.19. The lowest BCUT2D eigenvalue weighted by Crippen LogP contribution is -2.49. The van der Waals surface area contributed by atoms with Crippen molar-refractivity contribution in [3.05, 3.63) is 61.2 Å². The van der Waals surface area contributed by atoms with Gasteiger partial charge in [-0.1, -0.05) is 6.07 Å². The van der Waals surface area contributed by atoms with Gasteiger partial charge >= 0.3 is 0 Å². The van der Waals surface area contributed by atoms with Gasteiger partial charge in [0, 0.05) is 56.7 Å². The Bertz CT molecular complexity index is 874. The Labute approximate surface area is 157 Å². The number of benzene rings is 1. The van der Waals surface area contributed by atoms with E-state index < -0.39 is 0 Å². The highest BCUT2D eigenvalue weighted by Crippen LogP contribution is 2.14. The van der Waals surface area contributed by atoms with Gasteiger partial charge in [0.2, 0.25) is 11.9 Å². The molecular weight excluding hydrogens is 342 g/mol. The quantitative estimate of drug-likeness (QED) is 0.739. The van der Waals surface area contributed by atoms with Crippen LogP contribution < -0.4 is 10.2 Å². The summed E-state index contributed by atoms with van der Waals surface area (Å²) >= 11 is 0. The summed E-state index contributed by atoms with van der Waals surface area (Å²) < 4.78 is 1.76. The van der Waals surface area contributed by atoms with Crippen LogP contribution in [-0.2, 0) is 4.79 Å². The second kappa shape index (κ2) is 7.96. The summed E-state index contributed by atoms with van der Waals surface area (Å²) in [5.41, 5.74) is 1.68. The van der Waals surface area contributed by atoms with Gasteiger partial charge in [0.25, 0.3) is 0 Å². The van der Waals surface area contributed by atoms with Crippen molar-refractivity contribution in [2.75, 3.05) is 42.9 Å². The Morgan fingerprint density at radius 1 is 1.00 bits per heavy atom. The Morgan fingerprint density at radius 3 is 2.56 bits per heavy atom. The lowest BCUT2D eigenvalue weighted by atomic mass is 10.2. The molecular formula is C19H21N7O. The summed E-state index contributed by atoms with van der Waals surface area (Å²) in [6.45, 7) is 3.60. The van der Waals surface area contributed by atoms with Gasteiger partial charge in [-0.15, -0.1) is 0 Å². The zero-order valence-corrected chi connectivity index (χ0v) is 14.9. The SMILES string of the molecule is O=C(CN1CCN(c2ncccn2)CC1)Nc1cccc(-n2cccn2)c1. The van der Waals surface area contributed by atoms with Crippen molar-refractivity contribution in [1.82, 2.24) is 24.6 Å². The van der Waals surface area contributed by atoms with Gasteiger partial charge in [-0.2, -0.15) is 5.10 Å². The van der Waals surface area contributed by atoms with Gasteiger partial charge < -0.3 is 10.2 Å². The summed E-state index contributed by atoms with van der Waals surface area (Å²) in [5.74, 6) is 0.731. The number of hydrogen-bond donors (Lipinski definition) is 1. The van der Waals surface area contributed by atoms with Crippen molar-refractivity contribution in [3.8, 4) is 5.69 Å². The number of hydrogen-bond acceptors (Lipinski definition) is 6. The van der Waals surface area contributed by atoms with E-state index in [0.717, 1.165) is 43.5 Å². The summed E-state index contributed by atoms with van der Waals surface area (Å²) in [7, 11) is 0. The van der Waals surface area contributed by atoms with Crippen LogP contribution >= 0.6 is 0 Å². The molecule has 0 aliphatic carbocycles. The maximum atomic E-state index is 12.4. The fourth-order valence-corrected chi connectivity index (χ4v) is 3.11. The van der Waals surface area contributed by atoms with E-state index in [1.807, 2.05) is 42.6 Å². The number of rotatable bonds is 5. The van der Waals surface area contributed by atoms with Crippen LogP contribution in [-0.4, -0.2) is 63.3 Å². The Hall–Kier alpha value is -3.26. The lowest BCUT2D eigenvalue weighted by molar-refractivity contribution is -0.117. The number of carbonyl (C=O) groups is 1. The lowest BCUT2D eigenvalue weighted by Gasteiger charge is -2.34. The second-order valence-corrected chi connectivity index (χ2v) is 6.36. The first-order valence-corrected chi connectivity index (χ1v) is 8.92. The molecule has 8 heteroatoms. The van der Waals surface area contributed by atoms with E-state index in [2.05, 4.69) is 30.2 Å². The standard InChI is InChI=1S/C19H21N7O/c27-18(23-16-4-1-5-17(14-16)26-9-3-8-22-26)15-24-10-12-25(13-11-24)19-20-6-2-7-21-19/h1-9,14H,10-13,15H2,(H,23,27). The van der Waals surface area contributed by atoms with Crippen LogP contribution in [0, 0.1) is 0 Å². The zero-order valence-electron chi connectivity index (χ0n) is 14.9. The maximum absolute atomic E-state index is 12.4. The Kier molecular flexibility index (Phi) is 5.06. The highest BCUT2D eigenvalue weighted by Gasteiger charge is 2.20. The molecule has 8 nitrogen and oxygen atoms in total. The fourth-order valence-electron chi connectivity index (χ4n) is 3.11. The molecule has 27 heavy (non-hydrogen) atoms. The van der Waals surface area contributed by atoms with Gasteiger partial charge in [-0.3, -0.25) is 9.69 Å². The molecule has 0 unspecified atom stereocenters. The summed E-state index contributed by atoms with van der Waals surface area (Å²) in [4.78, 5) is 25.3. The molecule has 4 rings (SSSR count). The molecule has 0 bridgehead atoms. The average Bonchev–Trinajstić information content (AvgIpc) is 3.24. The first-order chi connectivity index (χ1) is 13.3. The molecule has 1 saturated heterocycles. The number of carbonyl (C=O) groups excluding carboxylic acids is 1.